The number of hydrogen-bond acceptors (Lipinski definition) is 5. The molecule has 1 heterocycles. The van der Waals surface area contributed by atoms with E-state index in [9.17, 15) is 0 Å². The Morgan fingerprint density at radius 3 is 2.05 bits per heavy atom. The van der Waals surface area contributed by atoms with Crippen LogP contribution in [-0.4, -0.2) is 52.6 Å². The Morgan fingerprint density at radius 2 is 1.68 bits per heavy atom. The second-order valence-electron chi connectivity index (χ2n) is 2.75. The molecule has 1 atom stereocenters. The van der Waals surface area contributed by atoms with Crippen molar-refractivity contribution >= 4 is 11.8 Å². The molecule has 0 aliphatic heterocycles. The van der Waals surface area contributed by atoms with Crippen LogP contribution in [0.15, 0.2) is 24.4 Å². The van der Waals surface area contributed by atoms with E-state index in [1.54, 1.807) is 0 Å². The molecule has 0 bridgehead atoms. The summed E-state index contributed by atoms with van der Waals surface area (Å²) < 4.78 is 0. The number of hydrogen-bond donors (Lipinski definition) is 3. The fourth-order valence-corrected chi connectivity index (χ4v) is 1.64. The first kappa shape index (κ1) is 27.4. The minimum atomic E-state index is 0. The van der Waals surface area contributed by atoms with Gasteiger partial charge in [0.1, 0.15) is 0 Å². The number of nitrogens with zero attached hydrogens (tertiary/aromatic N) is 1. The van der Waals surface area contributed by atoms with E-state index >= 15 is 0 Å². The molecule has 0 spiro atoms. The normalized spacial score (nSPS) is 9.05. The second kappa shape index (κ2) is 26.6. The topological polar surface area (TPSA) is 73.6 Å². The zero-order chi connectivity index (χ0) is 14.8. The van der Waals surface area contributed by atoms with Crippen molar-refractivity contribution in [2.24, 2.45) is 0 Å². The Hall–Kier alpha value is 0.0943. The average molecular weight is 324 g/mol. The molecule has 1 unspecified atom stereocenters. The Bertz CT molecular complexity index is 226. The molecule has 1 aromatic heterocycles. The summed E-state index contributed by atoms with van der Waals surface area (Å²) >= 11 is 1.87. The van der Waals surface area contributed by atoms with Crippen molar-refractivity contribution in [1.82, 2.24) is 4.98 Å². The molecule has 112 valence electrons. The Morgan fingerprint density at radius 1 is 1.16 bits per heavy atom. The van der Waals surface area contributed by atoms with Crippen LogP contribution in [0.5, 0.6) is 0 Å². The van der Waals surface area contributed by atoms with Crippen molar-refractivity contribution in [3.8, 4) is 0 Å². The van der Waals surface area contributed by atoms with Gasteiger partial charge in [0, 0.05) is 54.9 Å². The summed E-state index contributed by atoms with van der Waals surface area (Å²) in [4.78, 5) is 4.24. The van der Waals surface area contributed by atoms with Gasteiger partial charge in [0.25, 0.3) is 0 Å². The first-order valence-corrected chi connectivity index (χ1v) is 6.52. The van der Waals surface area contributed by atoms with E-state index in [1.165, 1.54) is 5.69 Å². The molecule has 0 aliphatic carbocycles. The van der Waals surface area contributed by atoms with Gasteiger partial charge in [-0.05, 0) is 24.3 Å². The second-order valence-corrected chi connectivity index (χ2v) is 4.30. The van der Waals surface area contributed by atoms with Gasteiger partial charge in [-0.3, -0.25) is 4.98 Å². The standard InChI is InChI=1S/C10H14NS.3CH4O.Ti/c1-9(2)12-8-6-10-5-3-4-7-11-10;3*1-2;/h3-5,7,9H,1,6,8H2,2H3;3*2H,1H3;/q-1;;;;. The Kier molecular flexibility index (Phi) is 38.4. The van der Waals surface area contributed by atoms with Crippen LogP contribution in [-0.2, 0) is 28.1 Å². The molecule has 0 aliphatic rings. The SMILES string of the molecule is CO.CO.CO.[CH2-]C(C)SCCc1ccccn1.[Ti]. The van der Waals surface area contributed by atoms with E-state index in [1.807, 2.05) is 30.1 Å². The summed E-state index contributed by atoms with van der Waals surface area (Å²) in [6.07, 6.45) is 2.89. The maximum Gasteiger partial charge on any atom is 0.0411 e. The monoisotopic (exact) mass is 324 g/mol. The summed E-state index contributed by atoms with van der Waals surface area (Å²) in [6.45, 7) is 6.03. The van der Waals surface area contributed by atoms with Gasteiger partial charge >= 0.3 is 0 Å². The Balaban J connectivity index is -0.000000142. The van der Waals surface area contributed by atoms with Crippen molar-refractivity contribution in [1.29, 1.82) is 0 Å². The first-order chi connectivity index (χ1) is 8.79. The summed E-state index contributed by atoms with van der Waals surface area (Å²) in [5, 5.41) is 21.5. The van der Waals surface area contributed by atoms with Crippen molar-refractivity contribution in [3.05, 3.63) is 37.0 Å². The smallest absolute Gasteiger partial charge is 0.0411 e. The van der Waals surface area contributed by atoms with Gasteiger partial charge in [-0.25, -0.2) is 0 Å². The molecule has 0 saturated carbocycles. The van der Waals surface area contributed by atoms with Gasteiger partial charge in [-0.1, -0.05) is 13.0 Å². The predicted octanol–water partition coefficient (Wildman–Crippen LogP) is 1.40. The minimum Gasteiger partial charge on any atom is -0.400 e. The molecule has 6 heteroatoms. The molecule has 19 heavy (non-hydrogen) atoms. The van der Waals surface area contributed by atoms with E-state index < -0.39 is 0 Å². The van der Waals surface area contributed by atoms with Crippen LogP contribution >= 0.6 is 11.8 Å². The number of rotatable bonds is 4. The van der Waals surface area contributed by atoms with Crippen LogP contribution in [0, 0.1) is 6.92 Å². The molecule has 1 aromatic rings. The third-order valence-electron chi connectivity index (χ3n) is 1.49. The number of aliphatic hydroxyl groups is 3. The van der Waals surface area contributed by atoms with Crippen molar-refractivity contribution < 1.29 is 37.0 Å². The number of aryl methyl sites for hydroxylation is 1. The van der Waals surface area contributed by atoms with Gasteiger partial charge in [-0.2, -0.15) is 11.8 Å². The van der Waals surface area contributed by atoms with Crippen LogP contribution in [0.4, 0.5) is 0 Å². The maximum atomic E-state index is 7.00. The van der Waals surface area contributed by atoms with Crippen molar-refractivity contribution in [3.63, 3.8) is 0 Å². The number of aliphatic hydroxyl groups excluding tert-OH is 3. The van der Waals surface area contributed by atoms with Crippen molar-refractivity contribution in [2.75, 3.05) is 27.1 Å². The van der Waals surface area contributed by atoms with E-state index in [-0.39, 0.29) is 21.7 Å². The molecule has 4 nitrogen and oxygen atoms in total. The third kappa shape index (κ3) is 23.6. The molecule has 0 aromatic carbocycles. The summed E-state index contributed by atoms with van der Waals surface area (Å²) in [5.74, 6) is 1.11. The minimum absolute atomic E-state index is 0. The van der Waals surface area contributed by atoms with Gasteiger partial charge in [0.05, 0.1) is 0 Å². The molecule has 0 saturated heterocycles. The van der Waals surface area contributed by atoms with Crippen LogP contribution in [0.1, 0.15) is 12.6 Å². The molecule has 3 N–H and O–H groups in total. The quantitative estimate of drug-likeness (QED) is 0.577. The van der Waals surface area contributed by atoms with E-state index in [4.69, 9.17) is 15.3 Å². The van der Waals surface area contributed by atoms with Gasteiger partial charge in [0.2, 0.25) is 0 Å². The van der Waals surface area contributed by atoms with Gasteiger partial charge in [0.15, 0.2) is 0 Å². The van der Waals surface area contributed by atoms with Crippen LogP contribution < -0.4 is 0 Å². The van der Waals surface area contributed by atoms with E-state index in [0.717, 1.165) is 33.5 Å². The Labute approximate surface area is 136 Å². The maximum absolute atomic E-state index is 7.00. The van der Waals surface area contributed by atoms with Crippen LogP contribution in [0.3, 0.4) is 0 Å². The molecule has 0 fully saturated rings. The number of pyridine rings is 1. The number of thioether (sulfide) groups is 1. The average Bonchev–Trinajstić information content (AvgIpc) is 2.46. The van der Waals surface area contributed by atoms with E-state index in [2.05, 4.69) is 24.9 Å². The third-order valence-corrected chi connectivity index (χ3v) is 2.50. The molecule has 0 radical (unpaired) electrons. The first-order valence-electron chi connectivity index (χ1n) is 5.48. The molecular weight excluding hydrogens is 298 g/mol. The number of aromatic nitrogens is 1. The van der Waals surface area contributed by atoms with E-state index in [0.29, 0.717) is 5.25 Å². The van der Waals surface area contributed by atoms with Crippen LogP contribution in [0.25, 0.3) is 0 Å². The molecule has 1 rings (SSSR count). The largest absolute Gasteiger partial charge is 0.400 e. The zero-order valence-electron chi connectivity index (χ0n) is 12.2. The van der Waals surface area contributed by atoms with Gasteiger partial charge < -0.3 is 22.2 Å². The van der Waals surface area contributed by atoms with Crippen LogP contribution in [0.2, 0.25) is 0 Å². The van der Waals surface area contributed by atoms with Gasteiger partial charge in [-0.15, -0.1) is 5.25 Å². The molecule has 0 amide bonds. The summed E-state index contributed by atoms with van der Waals surface area (Å²) in [7, 11) is 3.00. The van der Waals surface area contributed by atoms with Crippen molar-refractivity contribution in [2.45, 2.75) is 18.6 Å². The fraction of sp³-hybridized carbons (Fsp3) is 0.538. The summed E-state index contributed by atoms with van der Waals surface area (Å²) in [5.41, 5.74) is 1.17. The zero-order valence-corrected chi connectivity index (χ0v) is 14.6. The summed E-state index contributed by atoms with van der Waals surface area (Å²) in [6, 6.07) is 6.04. The molecular formula is C13H26NO3STi-. The fourth-order valence-electron chi connectivity index (χ4n) is 0.911. The predicted molar refractivity (Wildman–Crippen MR) is 79.6 cm³/mol.